The van der Waals surface area contributed by atoms with Gasteiger partial charge in [-0.3, -0.25) is 14.3 Å². The van der Waals surface area contributed by atoms with Crippen LogP contribution in [0, 0.1) is 20.8 Å². The fourth-order valence-electron chi connectivity index (χ4n) is 3.51. The van der Waals surface area contributed by atoms with Crippen LogP contribution in [0.15, 0.2) is 82.5 Å². The van der Waals surface area contributed by atoms with Gasteiger partial charge in [0.05, 0.1) is 4.90 Å². The number of carbonyl (C=O) groups is 1. The average molecular weight is 489 g/mol. The van der Waals surface area contributed by atoms with Gasteiger partial charge < -0.3 is 10.3 Å². The Kier molecular flexibility index (Phi) is 6.52. The van der Waals surface area contributed by atoms with E-state index >= 15 is 0 Å². The van der Waals surface area contributed by atoms with Gasteiger partial charge in [0.25, 0.3) is 21.5 Å². The maximum absolute atomic E-state index is 13.1. The van der Waals surface area contributed by atoms with Gasteiger partial charge in [0, 0.05) is 34.3 Å². The molecule has 178 valence electrons. The van der Waals surface area contributed by atoms with Gasteiger partial charge in [-0.15, -0.1) is 0 Å². The summed E-state index contributed by atoms with van der Waals surface area (Å²) in [5, 5.41) is 2.80. The minimum atomic E-state index is -3.89. The molecule has 0 spiro atoms. The smallest absolute Gasteiger partial charge is 0.261 e. The van der Waals surface area contributed by atoms with Crippen molar-refractivity contribution in [3.63, 3.8) is 0 Å². The Labute approximate surface area is 203 Å². The number of hydrogen-bond donors (Lipinski definition) is 3. The summed E-state index contributed by atoms with van der Waals surface area (Å²) in [5.41, 5.74) is 3.70. The van der Waals surface area contributed by atoms with Crippen molar-refractivity contribution in [3.8, 4) is 11.4 Å². The number of hydrogen-bond acceptors (Lipinski definition) is 5. The van der Waals surface area contributed by atoms with Crippen LogP contribution in [-0.4, -0.2) is 24.3 Å². The summed E-state index contributed by atoms with van der Waals surface area (Å²) in [6, 6.07) is 19.7. The number of sulfonamides is 1. The molecule has 1 heterocycles. The van der Waals surface area contributed by atoms with Crippen LogP contribution in [0.25, 0.3) is 11.4 Å². The second kappa shape index (κ2) is 9.55. The molecule has 3 aromatic carbocycles. The van der Waals surface area contributed by atoms with Crippen molar-refractivity contribution >= 4 is 27.3 Å². The fourth-order valence-corrected chi connectivity index (χ4v) is 4.59. The summed E-state index contributed by atoms with van der Waals surface area (Å²) >= 11 is 0. The Hall–Kier alpha value is -4.24. The lowest BCUT2D eigenvalue weighted by Crippen LogP contribution is -2.17. The second-order valence-electron chi connectivity index (χ2n) is 8.22. The first-order valence-electron chi connectivity index (χ1n) is 10.8. The first kappa shape index (κ1) is 23.9. The van der Waals surface area contributed by atoms with Crippen molar-refractivity contribution in [2.45, 2.75) is 25.7 Å². The second-order valence-corrected chi connectivity index (χ2v) is 9.90. The van der Waals surface area contributed by atoms with Gasteiger partial charge in [-0.1, -0.05) is 35.9 Å². The zero-order valence-electron chi connectivity index (χ0n) is 19.4. The Balaban J connectivity index is 1.59. The number of aromatic amines is 1. The Morgan fingerprint density at radius 1 is 0.886 bits per heavy atom. The quantitative estimate of drug-likeness (QED) is 0.371. The Morgan fingerprint density at radius 3 is 2.34 bits per heavy atom. The Bertz CT molecular complexity index is 1580. The number of amides is 1. The molecule has 0 radical (unpaired) electrons. The summed E-state index contributed by atoms with van der Waals surface area (Å²) in [4.78, 5) is 31.8. The summed E-state index contributed by atoms with van der Waals surface area (Å²) in [7, 11) is -3.89. The molecular weight excluding hydrogens is 464 g/mol. The molecule has 0 aliphatic heterocycles. The number of carbonyl (C=O) groups excluding carboxylic acids is 1. The van der Waals surface area contributed by atoms with Crippen LogP contribution < -0.4 is 15.6 Å². The van der Waals surface area contributed by atoms with Crippen molar-refractivity contribution in [1.82, 2.24) is 9.97 Å². The molecule has 0 fully saturated rings. The van der Waals surface area contributed by atoms with Gasteiger partial charge in [0.1, 0.15) is 5.82 Å². The van der Waals surface area contributed by atoms with Crippen molar-refractivity contribution in [3.05, 3.63) is 106 Å². The number of H-pyrrole nitrogens is 1. The van der Waals surface area contributed by atoms with Crippen LogP contribution in [0.1, 0.15) is 27.2 Å². The SMILES string of the molecule is Cc1ccc(NS(=O)(=O)c2ccc(C)c(C(=O)Nc3cccc(-c4nc(C)cc(=O)[nH]4)c3)c2)cc1. The topological polar surface area (TPSA) is 121 Å². The van der Waals surface area contributed by atoms with Crippen LogP contribution in [-0.2, 0) is 10.0 Å². The molecule has 4 aromatic rings. The molecule has 0 atom stereocenters. The number of anilines is 2. The molecular formula is C26H24N4O4S. The third kappa shape index (κ3) is 5.64. The first-order valence-corrected chi connectivity index (χ1v) is 12.3. The molecule has 35 heavy (non-hydrogen) atoms. The van der Waals surface area contributed by atoms with E-state index in [1.807, 2.05) is 19.1 Å². The Morgan fingerprint density at radius 2 is 1.63 bits per heavy atom. The number of aromatic nitrogens is 2. The summed E-state index contributed by atoms with van der Waals surface area (Å²) in [5.74, 6) is -0.0738. The van der Waals surface area contributed by atoms with E-state index in [1.165, 1.54) is 18.2 Å². The van der Waals surface area contributed by atoms with E-state index in [-0.39, 0.29) is 16.0 Å². The molecule has 8 nitrogen and oxygen atoms in total. The molecule has 0 saturated heterocycles. The highest BCUT2D eigenvalue weighted by atomic mass is 32.2. The van der Waals surface area contributed by atoms with E-state index in [0.29, 0.717) is 34.0 Å². The van der Waals surface area contributed by atoms with Gasteiger partial charge in [-0.2, -0.15) is 0 Å². The lowest BCUT2D eigenvalue weighted by molar-refractivity contribution is 0.102. The molecule has 0 bridgehead atoms. The molecule has 0 aliphatic rings. The van der Waals surface area contributed by atoms with Crippen LogP contribution in [0.5, 0.6) is 0 Å². The molecule has 3 N–H and O–H groups in total. The predicted octanol–water partition coefficient (Wildman–Crippen LogP) is 4.42. The number of rotatable bonds is 6. The maximum Gasteiger partial charge on any atom is 0.261 e. The normalized spacial score (nSPS) is 11.2. The molecule has 1 aromatic heterocycles. The largest absolute Gasteiger partial charge is 0.322 e. The van der Waals surface area contributed by atoms with Gasteiger partial charge in [-0.25, -0.2) is 13.4 Å². The lowest BCUT2D eigenvalue weighted by atomic mass is 10.1. The van der Waals surface area contributed by atoms with Crippen LogP contribution in [0.2, 0.25) is 0 Å². The third-order valence-electron chi connectivity index (χ3n) is 5.33. The van der Waals surface area contributed by atoms with Gasteiger partial charge >= 0.3 is 0 Å². The average Bonchev–Trinajstić information content (AvgIpc) is 2.80. The molecule has 1 amide bonds. The van der Waals surface area contributed by atoms with Crippen LogP contribution >= 0.6 is 0 Å². The standard InChI is InChI=1S/C26H24N4O4S/c1-16-7-10-20(11-8-16)30-35(33,34)22-12-9-17(2)23(15-22)26(32)28-21-6-4-5-19(14-21)25-27-18(3)13-24(31)29-25/h4-15,30H,1-3H3,(H,28,32)(H,27,29,31). The fraction of sp³-hybridized carbons (Fsp3) is 0.115. The van der Waals surface area contributed by atoms with E-state index < -0.39 is 15.9 Å². The van der Waals surface area contributed by atoms with Crippen LogP contribution in [0.3, 0.4) is 0 Å². The molecule has 0 aliphatic carbocycles. The summed E-state index contributed by atoms with van der Waals surface area (Å²) in [6.07, 6.45) is 0. The molecule has 9 heteroatoms. The number of nitrogens with zero attached hydrogens (tertiary/aromatic N) is 1. The van der Waals surface area contributed by atoms with Crippen molar-refractivity contribution in [1.29, 1.82) is 0 Å². The van der Waals surface area contributed by atoms with Crippen molar-refractivity contribution < 1.29 is 13.2 Å². The van der Waals surface area contributed by atoms with Crippen molar-refractivity contribution in [2.24, 2.45) is 0 Å². The number of benzene rings is 3. The van der Waals surface area contributed by atoms with Gasteiger partial charge in [0.2, 0.25) is 0 Å². The highest BCUT2D eigenvalue weighted by Crippen LogP contribution is 2.23. The lowest BCUT2D eigenvalue weighted by Gasteiger charge is -2.12. The number of aryl methyl sites for hydroxylation is 3. The van der Waals surface area contributed by atoms with E-state index in [1.54, 1.807) is 56.3 Å². The maximum atomic E-state index is 13.1. The van der Waals surface area contributed by atoms with E-state index in [4.69, 9.17) is 0 Å². The van der Waals surface area contributed by atoms with Crippen molar-refractivity contribution in [2.75, 3.05) is 10.0 Å². The van der Waals surface area contributed by atoms with Crippen LogP contribution in [0.4, 0.5) is 11.4 Å². The predicted molar refractivity (Wildman–Crippen MR) is 136 cm³/mol. The van der Waals surface area contributed by atoms with E-state index in [0.717, 1.165) is 5.56 Å². The summed E-state index contributed by atoms with van der Waals surface area (Å²) < 4.78 is 28.4. The minimum absolute atomic E-state index is 0.0240. The van der Waals surface area contributed by atoms with Gasteiger partial charge in [-0.05, 0) is 62.7 Å². The molecule has 0 saturated carbocycles. The first-order chi connectivity index (χ1) is 16.6. The number of nitrogens with one attached hydrogen (secondary N) is 3. The zero-order chi connectivity index (χ0) is 25.2. The molecule has 0 unspecified atom stereocenters. The van der Waals surface area contributed by atoms with E-state index in [2.05, 4.69) is 20.0 Å². The molecule has 4 rings (SSSR count). The highest BCUT2D eigenvalue weighted by Gasteiger charge is 2.19. The zero-order valence-corrected chi connectivity index (χ0v) is 20.2. The van der Waals surface area contributed by atoms with E-state index in [9.17, 15) is 18.0 Å². The monoisotopic (exact) mass is 488 g/mol. The third-order valence-corrected chi connectivity index (χ3v) is 6.71. The van der Waals surface area contributed by atoms with Gasteiger partial charge in [0.15, 0.2) is 0 Å². The summed E-state index contributed by atoms with van der Waals surface area (Å²) in [6.45, 7) is 5.37. The minimum Gasteiger partial charge on any atom is -0.322 e. The highest BCUT2D eigenvalue weighted by molar-refractivity contribution is 7.92.